The Morgan fingerprint density at radius 2 is 0.600 bits per heavy atom. The van der Waals surface area contributed by atoms with Gasteiger partial charge in [0.05, 0.1) is 0 Å². The molecule has 0 aromatic heterocycles. The Balaban J connectivity index is 4.30. The fraction of sp³-hybridized carbons (Fsp3) is 0.847. The minimum atomic E-state index is -0.787. The normalized spacial score (nSPS) is 12.2. The van der Waals surface area contributed by atoms with Crippen LogP contribution in [0.5, 0.6) is 0 Å². The summed E-state index contributed by atoms with van der Waals surface area (Å²) in [4.78, 5) is 38.0. The van der Waals surface area contributed by atoms with Gasteiger partial charge in [0.15, 0.2) is 6.10 Å². The molecule has 0 saturated carbocycles. The molecule has 0 aromatic carbocycles. The molecule has 0 aliphatic rings. The van der Waals surface area contributed by atoms with Crippen LogP contribution in [0.25, 0.3) is 0 Å². The maximum Gasteiger partial charge on any atom is 0.306 e. The predicted octanol–water partition coefficient (Wildman–Crippen LogP) is 18.9. The fourth-order valence-electron chi connectivity index (χ4n) is 8.41. The Labute approximate surface area is 404 Å². The van der Waals surface area contributed by atoms with Gasteiger partial charge in [-0.1, -0.05) is 276 Å². The molecular formula is C59H108O6. The van der Waals surface area contributed by atoms with E-state index < -0.39 is 6.10 Å². The second kappa shape index (κ2) is 54.2. The Bertz CT molecular complexity index is 1090. The quantitative estimate of drug-likeness (QED) is 0.0262. The molecule has 0 radical (unpaired) electrons. The van der Waals surface area contributed by atoms with Crippen LogP contribution in [0.1, 0.15) is 303 Å². The second-order valence-electron chi connectivity index (χ2n) is 19.2. The molecule has 0 spiro atoms. The molecule has 0 saturated heterocycles. The first kappa shape index (κ1) is 62.6. The lowest BCUT2D eigenvalue weighted by molar-refractivity contribution is -0.167. The molecular weight excluding hydrogens is 805 g/mol. The van der Waals surface area contributed by atoms with Gasteiger partial charge in [0.1, 0.15) is 13.2 Å². The summed E-state index contributed by atoms with van der Waals surface area (Å²) in [6.07, 6.45) is 64.4. The Morgan fingerprint density at radius 1 is 0.323 bits per heavy atom. The lowest BCUT2D eigenvalue weighted by Crippen LogP contribution is -2.30. The molecule has 1 atom stereocenters. The lowest BCUT2D eigenvalue weighted by Gasteiger charge is -2.18. The van der Waals surface area contributed by atoms with E-state index >= 15 is 0 Å². The lowest BCUT2D eigenvalue weighted by atomic mass is 10.0. The van der Waals surface area contributed by atoms with E-state index in [0.717, 1.165) is 64.2 Å². The van der Waals surface area contributed by atoms with E-state index in [-0.39, 0.29) is 31.1 Å². The molecule has 6 heteroatoms. The standard InChI is InChI=1S/C59H108O6/c1-4-7-10-13-16-19-22-24-26-28-29-31-32-34-37-40-43-46-49-52-58(61)64-55-56(54-63-57(60)51-48-45-42-39-36-21-18-15-12-9-6-3)65-59(62)53-50-47-44-41-38-35-33-30-27-25-23-20-17-14-11-8-5-2/h9,12,18,21,39,42,56H,4-8,10-11,13-17,19-20,22-38,40-41,43-55H2,1-3H3/b12-9-,21-18-,42-39-. The van der Waals surface area contributed by atoms with Gasteiger partial charge in [-0.15, -0.1) is 0 Å². The van der Waals surface area contributed by atoms with Crippen molar-refractivity contribution in [2.24, 2.45) is 0 Å². The number of hydrogen-bond acceptors (Lipinski definition) is 6. The number of carbonyl (C=O) groups excluding carboxylic acids is 3. The molecule has 0 aromatic rings. The molecule has 0 amide bonds. The number of esters is 3. The first-order chi connectivity index (χ1) is 32.0. The van der Waals surface area contributed by atoms with Crippen LogP contribution in [-0.2, 0) is 28.6 Å². The number of unbranched alkanes of at least 4 members (excludes halogenated alkanes) is 35. The van der Waals surface area contributed by atoms with E-state index in [1.807, 2.05) is 0 Å². The first-order valence-corrected chi connectivity index (χ1v) is 28.5. The Morgan fingerprint density at radius 3 is 0.938 bits per heavy atom. The van der Waals surface area contributed by atoms with Gasteiger partial charge in [0.25, 0.3) is 0 Å². The van der Waals surface area contributed by atoms with Crippen molar-refractivity contribution in [3.05, 3.63) is 36.5 Å². The number of carbonyl (C=O) groups is 3. The third-order valence-corrected chi connectivity index (χ3v) is 12.7. The first-order valence-electron chi connectivity index (χ1n) is 28.5. The summed E-state index contributed by atoms with van der Waals surface area (Å²) in [7, 11) is 0. The molecule has 380 valence electrons. The third kappa shape index (κ3) is 52.5. The maximum absolute atomic E-state index is 12.8. The van der Waals surface area contributed by atoms with Crippen molar-refractivity contribution in [3.63, 3.8) is 0 Å². The van der Waals surface area contributed by atoms with Gasteiger partial charge in [0.2, 0.25) is 0 Å². The average Bonchev–Trinajstić information content (AvgIpc) is 3.30. The summed E-state index contributed by atoms with van der Waals surface area (Å²) in [5.41, 5.74) is 0. The Kier molecular flexibility index (Phi) is 52.3. The molecule has 0 fully saturated rings. The summed E-state index contributed by atoms with van der Waals surface area (Å²) >= 11 is 0. The molecule has 0 rings (SSSR count). The number of ether oxygens (including phenoxy) is 3. The van der Waals surface area contributed by atoms with Gasteiger partial charge in [-0.25, -0.2) is 0 Å². The SMILES string of the molecule is CC/C=C\C/C=C\C/C=C\CCCC(=O)OCC(COC(=O)CCCCCCCCCCCCCCCCCCCCC)OC(=O)CCCCCCCCCCCCCCCCCCC. The van der Waals surface area contributed by atoms with E-state index in [2.05, 4.69) is 57.2 Å². The highest BCUT2D eigenvalue weighted by molar-refractivity contribution is 5.71. The zero-order chi connectivity index (χ0) is 47.2. The second-order valence-corrected chi connectivity index (χ2v) is 19.2. The van der Waals surface area contributed by atoms with E-state index in [1.54, 1.807) is 0 Å². The van der Waals surface area contributed by atoms with E-state index in [4.69, 9.17) is 14.2 Å². The molecule has 0 heterocycles. The van der Waals surface area contributed by atoms with Crippen LogP contribution < -0.4 is 0 Å². The summed E-state index contributed by atoms with van der Waals surface area (Å²) in [6, 6.07) is 0. The van der Waals surface area contributed by atoms with Crippen LogP contribution in [-0.4, -0.2) is 37.2 Å². The molecule has 0 aliphatic heterocycles. The van der Waals surface area contributed by atoms with E-state index in [0.29, 0.717) is 25.7 Å². The van der Waals surface area contributed by atoms with Gasteiger partial charge in [-0.05, 0) is 44.9 Å². The minimum absolute atomic E-state index is 0.0828. The molecule has 6 nitrogen and oxygen atoms in total. The molecule has 65 heavy (non-hydrogen) atoms. The molecule has 0 aliphatic carbocycles. The van der Waals surface area contributed by atoms with Crippen LogP contribution in [0, 0.1) is 0 Å². The van der Waals surface area contributed by atoms with Gasteiger partial charge in [-0.3, -0.25) is 14.4 Å². The monoisotopic (exact) mass is 913 g/mol. The van der Waals surface area contributed by atoms with Gasteiger partial charge >= 0.3 is 17.9 Å². The summed E-state index contributed by atoms with van der Waals surface area (Å²) in [5, 5.41) is 0. The summed E-state index contributed by atoms with van der Waals surface area (Å²) in [6.45, 7) is 6.52. The molecule has 0 N–H and O–H groups in total. The van der Waals surface area contributed by atoms with Crippen molar-refractivity contribution >= 4 is 17.9 Å². The Hall–Kier alpha value is -2.37. The van der Waals surface area contributed by atoms with Crippen LogP contribution in [0.3, 0.4) is 0 Å². The number of allylic oxidation sites excluding steroid dienone is 6. The van der Waals surface area contributed by atoms with Gasteiger partial charge < -0.3 is 14.2 Å². The highest BCUT2D eigenvalue weighted by Gasteiger charge is 2.19. The van der Waals surface area contributed by atoms with Gasteiger partial charge in [0, 0.05) is 19.3 Å². The number of hydrogen-bond donors (Lipinski definition) is 0. The van der Waals surface area contributed by atoms with Crippen molar-refractivity contribution in [2.45, 2.75) is 309 Å². The van der Waals surface area contributed by atoms with Crippen LogP contribution in [0.4, 0.5) is 0 Å². The van der Waals surface area contributed by atoms with Crippen molar-refractivity contribution in [1.29, 1.82) is 0 Å². The largest absolute Gasteiger partial charge is 0.462 e. The van der Waals surface area contributed by atoms with Crippen molar-refractivity contribution in [1.82, 2.24) is 0 Å². The highest BCUT2D eigenvalue weighted by atomic mass is 16.6. The van der Waals surface area contributed by atoms with Crippen molar-refractivity contribution in [2.75, 3.05) is 13.2 Å². The zero-order valence-corrected chi connectivity index (χ0v) is 43.5. The van der Waals surface area contributed by atoms with Crippen molar-refractivity contribution < 1.29 is 28.6 Å². The van der Waals surface area contributed by atoms with Crippen molar-refractivity contribution in [3.8, 4) is 0 Å². The topological polar surface area (TPSA) is 78.9 Å². The molecule has 1 unspecified atom stereocenters. The average molecular weight is 914 g/mol. The third-order valence-electron chi connectivity index (χ3n) is 12.7. The van der Waals surface area contributed by atoms with Gasteiger partial charge in [-0.2, -0.15) is 0 Å². The predicted molar refractivity (Wildman–Crippen MR) is 279 cm³/mol. The highest BCUT2D eigenvalue weighted by Crippen LogP contribution is 2.17. The zero-order valence-electron chi connectivity index (χ0n) is 43.5. The minimum Gasteiger partial charge on any atom is -0.462 e. The smallest absolute Gasteiger partial charge is 0.306 e. The maximum atomic E-state index is 12.8. The van der Waals surface area contributed by atoms with E-state index in [1.165, 1.54) is 193 Å². The van der Waals surface area contributed by atoms with Crippen LogP contribution in [0.2, 0.25) is 0 Å². The van der Waals surface area contributed by atoms with E-state index in [9.17, 15) is 14.4 Å². The summed E-state index contributed by atoms with van der Waals surface area (Å²) < 4.78 is 16.8. The fourth-order valence-corrected chi connectivity index (χ4v) is 8.41. The molecule has 0 bridgehead atoms. The summed E-state index contributed by atoms with van der Waals surface area (Å²) in [5.74, 6) is -0.922. The van der Waals surface area contributed by atoms with Crippen LogP contribution >= 0.6 is 0 Å². The van der Waals surface area contributed by atoms with Crippen LogP contribution in [0.15, 0.2) is 36.5 Å². The number of rotatable bonds is 52.